The number of ether oxygens (including phenoxy) is 1. The van der Waals surface area contributed by atoms with Gasteiger partial charge in [0.05, 0.1) is 36.8 Å². The summed E-state index contributed by atoms with van der Waals surface area (Å²) in [6.45, 7) is 6.35. The van der Waals surface area contributed by atoms with Crippen LogP contribution in [0.1, 0.15) is 16.1 Å². The zero-order valence-corrected chi connectivity index (χ0v) is 17.7. The summed E-state index contributed by atoms with van der Waals surface area (Å²) in [6, 6.07) is 10.3. The number of benzene rings is 1. The maximum absolute atomic E-state index is 12.5. The first-order valence-corrected chi connectivity index (χ1v) is 11.3. The second-order valence-electron chi connectivity index (χ2n) is 7.71. The molecule has 0 N–H and O–H groups in total. The largest absolute Gasteiger partial charge is 0.378 e. The number of hydrogen-bond donors (Lipinski definition) is 0. The highest BCUT2D eigenvalue weighted by Crippen LogP contribution is 2.28. The molecule has 0 radical (unpaired) electrons. The predicted octanol–water partition coefficient (Wildman–Crippen LogP) is 2.88. The van der Waals surface area contributed by atoms with Gasteiger partial charge in [0.2, 0.25) is 0 Å². The summed E-state index contributed by atoms with van der Waals surface area (Å²) in [4.78, 5) is 29.3. The molecule has 5 rings (SSSR count). The zero-order chi connectivity index (χ0) is 20.3. The smallest absolute Gasteiger partial charge is 0.186 e. The molecule has 0 aliphatic carbocycles. The van der Waals surface area contributed by atoms with Gasteiger partial charge >= 0.3 is 0 Å². The molecule has 2 fully saturated rings. The minimum absolute atomic E-state index is 0.189. The van der Waals surface area contributed by atoms with Crippen molar-refractivity contribution in [2.24, 2.45) is 0 Å². The number of rotatable bonds is 5. The van der Waals surface area contributed by atoms with Gasteiger partial charge in [0.15, 0.2) is 5.78 Å². The molecule has 2 aliphatic heterocycles. The number of aromatic nitrogens is 2. The third-order valence-electron chi connectivity index (χ3n) is 5.71. The molecule has 0 spiro atoms. The number of thiophene rings is 1. The fraction of sp³-hybridized carbons (Fsp3) is 0.409. The average molecular weight is 424 g/mol. The number of fused-ring (bicyclic) bond motifs is 1. The van der Waals surface area contributed by atoms with Gasteiger partial charge in [0.25, 0.3) is 0 Å². The van der Waals surface area contributed by atoms with Crippen molar-refractivity contribution in [2.75, 3.05) is 62.4 Å². The molecular weight excluding hydrogens is 398 g/mol. The maximum atomic E-state index is 12.5. The lowest BCUT2D eigenvalue weighted by atomic mass is 10.1. The minimum Gasteiger partial charge on any atom is -0.378 e. The van der Waals surface area contributed by atoms with Gasteiger partial charge in [-0.15, -0.1) is 11.3 Å². The van der Waals surface area contributed by atoms with Crippen LogP contribution >= 0.6 is 11.3 Å². The van der Waals surface area contributed by atoms with Crippen LogP contribution < -0.4 is 9.80 Å². The van der Waals surface area contributed by atoms with Crippen molar-refractivity contribution >= 4 is 39.5 Å². The molecule has 2 aromatic heterocycles. The first-order valence-electron chi connectivity index (χ1n) is 10.4. The summed E-state index contributed by atoms with van der Waals surface area (Å²) < 4.78 is 5.47. The first kappa shape index (κ1) is 19.4. The van der Waals surface area contributed by atoms with Crippen LogP contribution in [-0.4, -0.2) is 73.3 Å². The van der Waals surface area contributed by atoms with Crippen molar-refractivity contribution in [3.63, 3.8) is 0 Å². The van der Waals surface area contributed by atoms with Crippen LogP contribution in [0.2, 0.25) is 0 Å². The molecule has 7 nitrogen and oxygen atoms in total. The lowest BCUT2D eigenvalue weighted by Gasteiger charge is -2.36. The molecule has 2 saturated heterocycles. The fourth-order valence-electron chi connectivity index (χ4n) is 4.19. The lowest BCUT2D eigenvalue weighted by molar-refractivity contribution is 0.0924. The zero-order valence-electron chi connectivity index (χ0n) is 16.9. The minimum atomic E-state index is 0.189. The predicted molar refractivity (Wildman–Crippen MR) is 120 cm³/mol. The van der Waals surface area contributed by atoms with Crippen molar-refractivity contribution in [1.82, 2.24) is 14.9 Å². The van der Waals surface area contributed by atoms with Crippen LogP contribution in [0, 0.1) is 0 Å². The van der Waals surface area contributed by atoms with Gasteiger partial charge in [0, 0.05) is 37.3 Å². The molecule has 4 heterocycles. The second-order valence-corrected chi connectivity index (χ2v) is 8.66. The van der Waals surface area contributed by atoms with E-state index in [0.29, 0.717) is 13.2 Å². The van der Waals surface area contributed by atoms with Gasteiger partial charge < -0.3 is 14.5 Å². The van der Waals surface area contributed by atoms with E-state index in [9.17, 15) is 4.79 Å². The van der Waals surface area contributed by atoms with Gasteiger partial charge in [0.1, 0.15) is 12.1 Å². The Labute approximate surface area is 179 Å². The quantitative estimate of drug-likeness (QED) is 0.585. The average Bonchev–Trinajstić information content (AvgIpc) is 3.34. The number of anilines is 2. The Bertz CT molecular complexity index is 1020. The number of nitrogens with zero attached hydrogens (tertiary/aromatic N) is 5. The van der Waals surface area contributed by atoms with Crippen LogP contribution in [0.4, 0.5) is 11.5 Å². The van der Waals surface area contributed by atoms with E-state index in [-0.39, 0.29) is 5.78 Å². The summed E-state index contributed by atoms with van der Waals surface area (Å²) in [6.07, 6.45) is 2.66. The van der Waals surface area contributed by atoms with E-state index in [4.69, 9.17) is 4.74 Å². The van der Waals surface area contributed by atoms with Gasteiger partial charge in [-0.2, -0.15) is 0 Å². The summed E-state index contributed by atoms with van der Waals surface area (Å²) in [5.41, 5.74) is 2.13. The molecule has 0 unspecified atom stereocenters. The summed E-state index contributed by atoms with van der Waals surface area (Å²) in [5, 5.41) is 3.01. The molecule has 0 atom stereocenters. The van der Waals surface area contributed by atoms with Crippen molar-refractivity contribution in [3.05, 3.63) is 46.9 Å². The number of morpholine rings is 1. The van der Waals surface area contributed by atoms with Crippen molar-refractivity contribution in [3.8, 4) is 0 Å². The van der Waals surface area contributed by atoms with E-state index in [0.717, 1.165) is 67.4 Å². The first-order chi connectivity index (χ1) is 14.8. The van der Waals surface area contributed by atoms with E-state index >= 15 is 0 Å². The van der Waals surface area contributed by atoms with Crippen molar-refractivity contribution in [1.29, 1.82) is 0 Å². The third kappa shape index (κ3) is 4.03. The number of carbonyl (C=O) groups excluding carboxylic acids is 1. The molecule has 0 bridgehead atoms. The van der Waals surface area contributed by atoms with Crippen LogP contribution in [0.3, 0.4) is 0 Å². The molecule has 0 amide bonds. The molecule has 0 saturated carbocycles. The number of ketones is 1. The number of carbonyl (C=O) groups is 1. The molecule has 2 aliphatic rings. The van der Waals surface area contributed by atoms with E-state index in [1.54, 1.807) is 6.33 Å². The fourth-order valence-corrected chi connectivity index (χ4v) is 4.85. The Morgan fingerprint density at radius 3 is 2.80 bits per heavy atom. The standard InChI is InChI=1S/C22H25N5O2S/c28-20(21-3-1-12-30-21)14-25-6-2-7-27(16-25)22-18-5-4-17(13-19(18)23-15-24-22)26-8-10-29-11-9-26/h1,3-5,12-13,15H,2,6-11,14,16H2. The van der Waals surface area contributed by atoms with Crippen molar-refractivity contribution < 1.29 is 9.53 Å². The summed E-state index contributed by atoms with van der Waals surface area (Å²) in [7, 11) is 0. The Morgan fingerprint density at radius 1 is 1.07 bits per heavy atom. The Hall–Kier alpha value is -2.55. The number of hydrogen-bond acceptors (Lipinski definition) is 8. The van der Waals surface area contributed by atoms with Crippen LogP contribution in [0.5, 0.6) is 0 Å². The molecule has 1 aromatic carbocycles. The third-order valence-corrected chi connectivity index (χ3v) is 6.62. The van der Waals surface area contributed by atoms with Gasteiger partial charge in [-0.3, -0.25) is 9.69 Å². The van der Waals surface area contributed by atoms with Crippen molar-refractivity contribution in [2.45, 2.75) is 6.42 Å². The SMILES string of the molecule is O=C(CN1CCCN(c2ncnc3cc(N4CCOCC4)ccc23)C1)c1cccs1. The van der Waals surface area contributed by atoms with Gasteiger partial charge in [-0.25, -0.2) is 9.97 Å². The summed E-state index contributed by atoms with van der Waals surface area (Å²) in [5.74, 6) is 1.14. The molecule has 8 heteroatoms. The Morgan fingerprint density at radius 2 is 1.97 bits per heavy atom. The highest BCUT2D eigenvalue weighted by atomic mass is 32.1. The highest BCUT2D eigenvalue weighted by molar-refractivity contribution is 7.12. The molecule has 30 heavy (non-hydrogen) atoms. The monoisotopic (exact) mass is 423 g/mol. The molecular formula is C22H25N5O2S. The van der Waals surface area contributed by atoms with E-state index in [1.165, 1.54) is 17.0 Å². The van der Waals surface area contributed by atoms with Gasteiger partial charge in [-0.1, -0.05) is 6.07 Å². The number of Topliss-reactive ketones (excluding diaryl/α,β-unsaturated/α-hetero) is 1. The van der Waals surface area contributed by atoms with Crippen LogP contribution in [-0.2, 0) is 4.74 Å². The van der Waals surface area contributed by atoms with E-state index in [2.05, 4.69) is 42.9 Å². The highest BCUT2D eigenvalue weighted by Gasteiger charge is 2.23. The molecule has 156 valence electrons. The van der Waals surface area contributed by atoms with Gasteiger partial charge in [-0.05, 0) is 36.1 Å². The second kappa shape index (κ2) is 8.67. The van der Waals surface area contributed by atoms with E-state index in [1.807, 2.05) is 17.5 Å². The van der Waals surface area contributed by atoms with Crippen LogP contribution in [0.15, 0.2) is 42.0 Å². The normalized spacial score (nSPS) is 18.1. The lowest BCUT2D eigenvalue weighted by Crippen LogP contribution is -2.47. The summed E-state index contributed by atoms with van der Waals surface area (Å²) >= 11 is 1.51. The Balaban J connectivity index is 1.35. The maximum Gasteiger partial charge on any atom is 0.186 e. The van der Waals surface area contributed by atoms with E-state index < -0.39 is 0 Å². The topological polar surface area (TPSA) is 61.8 Å². The Kier molecular flexibility index (Phi) is 5.61. The van der Waals surface area contributed by atoms with Crippen LogP contribution in [0.25, 0.3) is 10.9 Å². The molecule has 3 aromatic rings.